The first-order valence-electron chi connectivity index (χ1n) is 9.05. The van der Waals surface area contributed by atoms with Crippen molar-refractivity contribution in [1.29, 1.82) is 0 Å². The molecule has 1 aromatic carbocycles. The van der Waals surface area contributed by atoms with Crippen molar-refractivity contribution in [3.8, 4) is 5.75 Å². The Hall–Kier alpha value is -1.10. The molecule has 0 aromatic heterocycles. The van der Waals surface area contributed by atoms with Crippen molar-refractivity contribution < 1.29 is 9.47 Å². The highest BCUT2D eigenvalue weighted by Gasteiger charge is 2.23. The second kappa shape index (κ2) is 8.67. The Bertz CT molecular complexity index is 457. The average molecular weight is 318 g/mol. The number of likely N-dealkylation sites (tertiary alicyclic amines) is 1. The van der Waals surface area contributed by atoms with Crippen LogP contribution in [-0.4, -0.2) is 62.8 Å². The standard InChI is InChI=1S/C19H30N2O2/c1-22-18-8-6-17(7-9-18)19-5-3-2-4-10-21(19)12-11-20-13-15-23-16-14-20/h6-9,19H,2-5,10-16H2,1H3. The van der Waals surface area contributed by atoms with E-state index in [-0.39, 0.29) is 0 Å². The van der Waals surface area contributed by atoms with E-state index in [0.717, 1.165) is 45.1 Å². The van der Waals surface area contributed by atoms with E-state index in [1.54, 1.807) is 7.11 Å². The number of methoxy groups -OCH3 is 1. The van der Waals surface area contributed by atoms with E-state index in [9.17, 15) is 0 Å². The van der Waals surface area contributed by atoms with Gasteiger partial charge in [-0.3, -0.25) is 9.80 Å². The molecule has 4 heteroatoms. The van der Waals surface area contributed by atoms with Crippen LogP contribution in [0.4, 0.5) is 0 Å². The molecule has 23 heavy (non-hydrogen) atoms. The van der Waals surface area contributed by atoms with Crippen LogP contribution in [0.1, 0.15) is 37.3 Å². The topological polar surface area (TPSA) is 24.9 Å². The molecular formula is C19H30N2O2. The molecule has 1 atom stereocenters. The third-order valence-electron chi connectivity index (χ3n) is 5.17. The van der Waals surface area contributed by atoms with Gasteiger partial charge in [0.2, 0.25) is 0 Å². The minimum Gasteiger partial charge on any atom is -0.497 e. The van der Waals surface area contributed by atoms with Gasteiger partial charge in [-0.25, -0.2) is 0 Å². The van der Waals surface area contributed by atoms with E-state index in [4.69, 9.17) is 9.47 Å². The maximum absolute atomic E-state index is 5.46. The molecule has 0 aliphatic carbocycles. The Balaban J connectivity index is 1.63. The minimum atomic E-state index is 0.560. The van der Waals surface area contributed by atoms with Crippen LogP contribution >= 0.6 is 0 Å². The number of benzene rings is 1. The Morgan fingerprint density at radius 3 is 2.52 bits per heavy atom. The van der Waals surface area contributed by atoms with Gasteiger partial charge in [-0.05, 0) is 37.1 Å². The summed E-state index contributed by atoms with van der Waals surface area (Å²) in [7, 11) is 1.73. The minimum absolute atomic E-state index is 0.560. The first kappa shape index (κ1) is 16.7. The van der Waals surface area contributed by atoms with Crippen molar-refractivity contribution >= 4 is 0 Å². The number of hydrogen-bond acceptors (Lipinski definition) is 4. The Kier molecular flexibility index (Phi) is 6.31. The smallest absolute Gasteiger partial charge is 0.118 e. The molecule has 3 rings (SSSR count). The average Bonchev–Trinajstić information content (AvgIpc) is 2.86. The molecule has 0 amide bonds. The van der Waals surface area contributed by atoms with Gasteiger partial charge in [-0.15, -0.1) is 0 Å². The van der Waals surface area contributed by atoms with Gasteiger partial charge in [0.1, 0.15) is 5.75 Å². The van der Waals surface area contributed by atoms with E-state index >= 15 is 0 Å². The number of rotatable bonds is 5. The second-order valence-corrected chi connectivity index (χ2v) is 6.63. The van der Waals surface area contributed by atoms with Crippen LogP contribution in [0.25, 0.3) is 0 Å². The normalized spacial score (nSPS) is 24.3. The highest BCUT2D eigenvalue weighted by Crippen LogP contribution is 2.30. The Morgan fingerprint density at radius 1 is 1.00 bits per heavy atom. The summed E-state index contributed by atoms with van der Waals surface area (Å²) in [6.45, 7) is 7.50. The lowest BCUT2D eigenvalue weighted by atomic mass is 10.0. The quantitative estimate of drug-likeness (QED) is 0.833. The number of ether oxygens (including phenoxy) is 2. The third-order valence-corrected chi connectivity index (χ3v) is 5.17. The molecule has 1 aromatic rings. The molecule has 0 bridgehead atoms. The molecule has 2 aliphatic heterocycles. The van der Waals surface area contributed by atoms with E-state index in [2.05, 4.69) is 34.1 Å². The lowest BCUT2D eigenvalue weighted by Gasteiger charge is -2.34. The fourth-order valence-electron chi connectivity index (χ4n) is 3.73. The highest BCUT2D eigenvalue weighted by molar-refractivity contribution is 5.29. The van der Waals surface area contributed by atoms with Crippen molar-refractivity contribution in [2.24, 2.45) is 0 Å². The molecule has 0 saturated carbocycles. The highest BCUT2D eigenvalue weighted by atomic mass is 16.5. The zero-order chi connectivity index (χ0) is 15.9. The number of hydrogen-bond donors (Lipinski definition) is 0. The second-order valence-electron chi connectivity index (χ2n) is 6.63. The van der Waals surface area contributed by atoms with Crippen LogP contribution in [-0.2, 0) is 4.74 Å². The SMILES string of the molecule is COc1ccc(C2CCCCCN2CCN2CCOCC2)cc1. The van der Waals surface area contributed by atoms with Crippen LogP contribution in [0.5, 0.6) is 5.75 Å². The van der Waals surface area contributed by atoms with Crippen molar-refractivity contribution in [3.05, 3.63) is 29.8 Å². The number of morpholine rings is 1. The molecule has 2 saturated heterocycles. The molecule has 0 N–H and O–H groups in total. The summed E-state index contributed by atoms with van der Waals surface area (Å²) >= 11 is 0. The predicted molar refractivity (Wildman–Crippen MR) is 93.0 cm³/mol. The van der Waals surface area contributed by atoms with Crippen molar-refractivity contribution in [2.75, 3.05) is 53.0 Å². The summed E-state index contributed by atoms with van der Waals surface area (Å²) in [5.41, 5.74) is 1.44. The van der Waals surface area contributed by atoms with Gasteiger partial charge in [-0.2, -0.15) is 0 Å². The van der Waals surface area contributed by atoms with Gasteiger partial charge in [0.25, 0.3) is 0 Å². The van der Waals surface area contributed by atoms with E-state index in [0.29, 0.717) is 6.04 Å². The van der Waals surface area contributed by atoms with E-state index < -0.39 is 0 Å². The summed E-state index contributed by atoms with van der Waals surface area (Å²) in [6, 6.07) is 9.25. The first-order chi connectivity index (χ1) is 11.4. The van der Waals surface area contributed by atoms with Gasteiger partial charge in [-0.1, -0.05) is 25.0 Å². The summed E-state index contributed by atoms with van der Waals surface area (Å²) in [4.78, 5) is 5.24. The molecule has 0 spiro atoms. The molecule has 2 fully saturated rings. The molecule has 2 aliphatic rings. The van der Waals surface area contributed by atoms with Gasteiger partial charge in [0.05, 0.1) is 20.3 Å². The van der Waals surface area contributed by atoms with Crippen LogP contribution in [0, 0.1) is 0 Å². The molecule has 4 nitrogen and oxygen atoms in total. The maximum atomic E-state index is 5.46. The lowest BCUT2D eigenvalue weighted by Crippen LogP contribution is -2.42. The predicted octanol–water partition coefficient (Wildman–Crippen LogP) is 2.94. The maximum Gasteiger partial charge on any atom is 0.118 e. The van der Waals surface area contributed by atoms with Gasteiger partial charge >= 0.3 is 0 Å². The van der Waals surface area contributed by atoms with Gasteiger partial charge in [0.15, 0.2) is 0 Å². The fourth-order valence-corrected chi connectivity index (χ4v) is 3.73. The van der Waals surface area contributed by atoms with E-state index in [1.807, 2.05) is 0 Å². The molecular weight excluding hydrogens is 288 g/mol. The Morgan fingerprint density at radius 2 is 1.78 bits per heavy atom. The Labute approximate surface area is 140 Å². The van der Waals surface area contributed by atoms with E-state index in [1.165, 1.54) is 37.8 Å². The van der Waals surface area contributed by atoms with Crippen LogP contribution in [0.3, 0.4) is 0 Å². The zero-order valence-electron chi connectivity index (χ0n) is 14.4. The summed E-state index contributed by atoms with van der Waals surface area (Å²) in [5, 5.41) is 0. The summed E-state index contributed by atoms with van der Waals surface area (Å²) in [5.74, 6) is 0.947. The summed E-state index contributed by atoms with van der Waals surface area (Å²) < 4.78 is 10.8. The monoisotopic (exact) mass is 318 g/mol. The molecule has 128 valence electrons. The number of nitrogens with zero attached hydrogens (tertiary/aromatic N) is 2. The van der Waals surface area contributed by atoms with Crippen LogP contribution < -0.4 is 4.74 Å². The zero-order valence-corrected chi connectivity index (χ0v) is 14.4. The van der Waals surface area contributed by atoms with Crippen LogP contribution in [0.15, 0.2) is 24.3 Å². The largest absolute Gasteiger partial charge is 0.497 e. The lowest BCUT2D eigenvalue weighted by molar-refractivity contribution is 0.0308. The van der Waals surface area contributed by atoms with Crippen LogP contribution in [0.2, 0.25) is 0 Å². The molecule has 1 unspecified atom stereocenters. The third kappa shape index (κ3) is 4.69. The van der Waals surface area contributed by atoms with Crippen molar-refractivity contribution in [1.82, 2.24) is 9.80 Å². The van der Waals surface area contributed by atoms with Crippen molar-refractivity contribution in [2.45, 2.75) is 31.7 Å². The van der Waals surface area contributed by atoms with Gasteiger partial charge in [0, 0.05) is 32.2 Å². The molecule has 2 heterocycles. The van der Waals surface area contributed by atoms with Gasteiger partial charge < -0.3 is 9.47 Å². The summed E-state index contributed by atoms with van der Waals surface area (Å²) in [6.07, 6.45) is 5.30. The van der Waals surface area contributed by atoms with Crippen molar-refractivity contribution in [3.63, 3.8) is 0 Å². The fraction of sp³-hybridized carbons (Fsp3) is 0.684. The molecule has 0 radical (unpaired) electrons. The first-order valence-corrected chi connectivity index (χ1v) is 9.05.